The van der Waals surface area contributed by atoms with Crippen LogP contribution in [0.4, 0.5) is 4.39 Å². The van der Waals surface area contributed by atoms with Gasteiger partial charge in [0.15, 0.2) is 10.8 Å². The first-order chi connectivity index (χ1) is 11.3. The van der Waals surface area contributed by atoms with Gasteiger partial charge in [-0.05, 0) is 17.7 Å². The van der Waals surface area contributed by atoms with E-state index in [1.54, 1.807) is 6.92 Å². The molecule has 0 amide bonds. The molecule has 0 aromatic heterocycles. The van der Waals surface area contributed by atoms with Crippen LogP contribution in [0.1, 0.15) is 25.5 Å². The van der Waals surface area contributed by atoms with Gasteiger partial charge >= 0.3 is 0 Å². The number of ether oxygens (including phenoxy) is 2. The van der Waals surface area contributed by atoms with Gasteiger partial charge in [0, 0.05) is 6.92 Å². The summed E-state index contributed by atoms with van der Waals surface area (Å²) < 4.78 is 25.0. The van der Waals surface area contributed by atoms with Crippen molar-refractivity contribution in [2.75, 3.05) is 0 Å². The van der Waals surface area contributed by atoms with Gasteiger partial charge in [-0.15, -0.1) is 0 Å². The SMILES string of the molecule is C[C@@H]1C(C#N)(C#N)[C@@]2(C#N)C(=N)O[C@@]1(C)O[C@H]2c1cccc(F)c1. The Kier molecular flexibility index (Phi) is 3.17. The van der Waals surface area contributed by atoms with E-state index in [0.29, 0.717) is 0 Å². The van der Waals surface area contributed by atoms with Gasteiger partial charge < -0.3 is 9.47 Å². The molecule has 4 atom stereocenters. The number of rotatable bonds is 1. The molecule has 0 unspecified atom stereocenters. The lowest BCUT2D eigenvalue weighted by molar-refractivity contribution is -0.338. The van der Waals surface area contributed by atoms with Crippen molar-refractivity contribution in [1.82, 2.24) is 0 Å². The number of fused-ring (bicyclic) bond motifs is 3. The molecule has 0 saturated carbocycles. The molecule has 24 heavy (non-hydrogen) atoms. The number of hydrogen-bond acceptors (Lipinski definition) is 6. The fourth-order valence-electron chi connectivity index (χ4n) is 3.64. The van der Waals surface area contributed by atoms with E-state index in [9.17, 15) is 20.2 Å². The molecule has 1 aromatic rings. The van der Waals surface area contributed by atoms with Crippen LogP contribution in [0.15, 0.2) is 24.3 Å². The molecule has 1 aromatic carbocycles. The van der Waals surface area contributed by atoms with Gasteiger partial charge in [0.25, 0.3) is 0 Å². The van der Waals surface area contributed by atoms with E-state index < -0.39 is 40.4 Å². The van der Waals surface area contributed by atoms with Gasteiger partial charge in [0.2, 0.25) is 11.7 Å². The van der Waals surface area contributed by atoms with Crippen molar-refractivity contribution in [3.63, 3.8) is 0 Å². The minimum absolute atomic E-state index is 0.276. The molecule has 3 aliphatic rings. The van der Waals surface area contributed by atoms with Crippen LogP contribution < -0.4 is 0 Å². The number of nitrogens with zero attached hydrogens (tertiary/aromatic N) is 3. The average molecular weight is 324 g/mol. The molecule has 0 aliphatic carbocycles. The molecule has 3 fully saturated rings. The first-order valence-electron chi connectivity index (χ1n) is 7.26. The third-order valence-electron chi connectivity index (χ3n) is 5.15. The van der Waals surface area contributed by atoms with Crippen LogP contribution in [-0.4, -0.2) is 11.7 Å². The van der Waals surface area contributed by atoms with E-state index in [1.807, 2.05) is 18.2 Å². The van der Waals surface area contributed by atoms with E-state index in [0.717, 1.165) is 0 Å². The van der Waals surface area contributed by atoms with Crippen LogP contribution in [0, 0.1) is 62.0 Å². The quantitative estimate of drug-likeness (QED) is 0.853. The maximum Gasteiger partial charge on any atom is 0.215 e. The second-order valence-corrected chi connectivity index (χ2v) is 6.17. The molecule has 1 N–H and O–H groups in total. The lowest BCUT2D eigenvalue weighted by Crippen LogP contribution is -2.71. The Hall–Kier alpha value is -2.95. The zero-order valence-corrected chi connectivity index (χ0v) is 13.0. The highest BCUT2D eigenvalue weighted by molar-refractivity contribution is 5.88. The van der Waals surface area contributed by atoms with E-state index in [-0.39, 0.29) is 5.56 Å². The van der Waals surface area contributed by atoms with Crippen molar-refractivity contribution in [1.29, 1.82) is 21.2 Å². The van der Waals surface area contributed by atoms with Crippen molar-refractivity contribution in [3.05, 3.63) is 35.6 Å². The molecule has 0 radical (unpaired) electrons. The summed E-state index contributed by atoms with van der Waals surface area (Å²) in [6.07, 6.45) is -1.17. The molecule has 3 saturated heterocycles. The number of hydrogen-bond donors (Lipinski definition) is 1. The molecule has 4 rings (SSSR count). The maximum absolute atomic E-state index is 13.7. The second-order valence-electron chi connectivity index (χ2n) is 6.17. The third-order valence-corrected chi connectivity index (χ3v) is 5.15. The predicted molar refractivity (Wildman–Crippen MR) is 78.3 cm³/mol. The van der Waals surface area contributed by atoms with Crippen LogP contribution >= 0.6 is 0 Å². The molecule has 0 spiro atoms. The van der Waals surface area contributed by atoms with Crippen LogP contribution in [0.5, 0.6) is 0 Å². The predicted octanol–water partition coefficient (Wildman–Crippen LogP) is 2.80. The van der Waals surface area contributed by atoms with E-state index >= 15 is 0 Å². The van der Waals surface area contributed by atoms with Crippen molar-refractivity contribution in [3.8, 4) is 18.2 Å². The summed E-state index contributed by atoms with van der Waals surface area (Å²) in [6.45, 7) is 3.09. The van der Waals surface area contributed by atoms with Crippen LogP contribution in [0.3, 0.4) is 0 Å². The Morgan fingerprint density at radius 2 is 1.88 bits per heavy atom. The van der Waals surface area contributed by atoms with Gasteiger partial charge in [-0.3, -0.25) is 5.41 Å². The van der Waals surface area contributed by atoms with E-state index in [1.165, 1.54) is 31.2 Å². The topological polar surface area (TPSA) is 114 Å². The minimum atomic E-state index is -1.98. The zero-order chi connectivity index (χ0) is 17.8. The number of nitrogens with one attached hydrogen (secondary N) is 1. The van der Waals surface area contributed by atoms with Crippen LogP contribution in [-0.2, 0) is 9.47 Å². The average Bonchev–Trinajstić information content (AvgIpc) is 2.56. The molecule has 3 aliphatic heterocycles. The summed E-state index contributed by atoms with van der Waals surface area (Å²) in [5.41, 5.74) is -3.57. The molecule has 6 nitrogen and oxygen atoms in total. The van der Waals surface area contributed by atoms with Gasteiger partial charge in [-0.2, -0.15) is 15.8 Å². The van der Waals surface area contributed by atoms with Gasteiger partial charge in [-0.1, -0.05) is 19.1 Å². The van der Waals surface area contributed by atoms with Gasteiger partial charge in [-0.25, -0.2) is 4.39 Å². The summed E-state index contributed by atoms with van der Waals surface area (Å²) in [7, 11) is 0. The smallest absolute Gasteiger partial charge is 0.215 e. The number of nitriles is 3. The highest BCUT2D eigenvalue weighted by Gasteiger charge is 2.78. The summed E-state index contributed by atoms with van der Waals surface area (Å²) >= 11 is 0. The molecule has 2 bridgehead atoms. The summed E-state index contributed by atoms with van der Waals surface area (Å²) in [4.78, 5) is 0. The Labute approximate surface area is 138 Å². The Balaban J connectivity index is 2.35. The Bertz CT molecular complexity index is 851. The summed E-state index contributed by atoms with van der Waals surface area (Å²) in [5, 5.41) is 37.7. The fourth-order valence-corrected chi connectivity index (χ4v) is 3.64. The highest BCUT2D eigenvalue weighted by atomic mass is 19.1. The number of halogens is 1. The van der Waals surface area contributed by atoms with Crippen LogP contribution in [0.2, 0.25) is 0 Å². The molecule has 7 heteroatoms. The first kappa shape index (κ1) is 15.9. The molecular weight excluding hydrogens is 311 g/mol. The van der Waals surface area contributed by atoms with Crippen molar-refractivity contribution in [2.24, 2.45) is 16.7 Å². The van der Waals surface area contributed by atoms with Crippen molar-refractivity contribution < 1.29 is 13.9 Å². The van der Waals surface area contributed by atoms with Gasteiger partial charge in [0.05, 0.1) is 24.1 Å². The van der Waals surface area contributed by atoms with E-state index in [4.69, 9.17) is 14.9 Å². The summed E-state index contributed by atoms with van der Waals surface area (Å²) in [5.74, 6) is -3.29. The normalized spacial score (nSPS) is 36.1. The fraction of sp³-hybridized carbons (Fsp3) is 0.412. The lowest BCUT2D eigenvalue weighted by Gasteiger charge is -2.60. The van der Waals surface area contributed by atoms with Crippen molar-refractivity contribution in [2.45, 2.75) is 25.7 Å². The van der Waals surface area contributed by atoms with Gasteiger partial charge in [0.1, 0.15) is 11.9 Å². The van der Waals surface area contributed by atoms with Crippen LogP contribution in [0.25, 0.3) is 0 Å². The largest absolute Gasteiger partial charge is 0.448 e. The molecule has 3 heterocycles. The maximum atomic E-state index is 13.7. The number of benzene rings is 1. The Morgan fingerprint density at radius 1 is 1.21 bits per heavy atom. The minimum Gasteiger partial charge on any atom is -0.448 e. The lowest BCUT2D eigenvalue weighted by atomic mass is 9.51. The monoisotopic (exact) mass is 324 g/mol. The second kappa shape index (κ2) is 4.77. The summed E-state index contributed by atoms with van der Waals surface area (Å²) in [6, 6.07) is 11.2. The molecular formula is C17H13FN4O2. The van der Waals surface area contributed by atoms with Crippen molar-refractivity contribution >= 4 is 5.90 Å². The standard InChI is InChI=1S/C17H13FN4O2/c1-10-15(2)23-13(11-4-3-5-12(18)6-11)17(9-21,14(22)24-15)16(10,7-19)8-20/h3-6,10,13,22H,1-2H3/t10-,13-,15+,17+/m0/s1. The third kappa shape index (κ3) is 1.56. The first-order valence-corrected chi connectivity index (χ1v) is 7.26. The molecule has 120 valence electrons. The zero-order valence-electron chi connectivity index (χ0n) is 13.0. The Morgan fingerprint density at radius 3 is 2.42 bits per heavy atom. The highest BCUT2D eigenvalue weighted by Crippen LogP contribution is 2.66. The van der Waals surface area contributed by atoms with E-state index in [2.05, 4.69) is 0 Å².